The minimum atomic E-state index is -1.09. The van der Waals surface area contributed by atoms with Crippen LogP contribution < -0.4 is 11.2 Å². The van der Waals surface area contributed by atoms with E-state index in [1.807, 2.05) is 0 Å². The highest BCUT2D eigenvalue weighted by molar-refractivity contribution is 5.76. The van der Waals surface area contributed by atoms with Gasteiger partial charge >= 0.3 is 11.7 Å². The number of H-pyrrole nitrogens is 1. The van der Waals surface area contributed by atoms with Crippen LogP contribution in [-0.4, -0.2) is 30.2 Å². The van der Waals surface area contributed by atoms with E-state index in [0.717, 1.165) is 4.57 Å². The molecule has 90 valence electrons. The van der Waals surface area contributed by atoms with Crippen molar-refractivity contribution in [2.75, 3.05) is 0 Å². The highest BCUT2D eigenvalue weighted by Gasteiger charge is 2.19. The van der Waals surface area contributed by atoms with Gasteiger partial charge in [-0.2, -0.15) is 0 Å². The molecule has 2 aromatic rings. The summed E-state index contributed by atoms with van der Waals surface area (Å²) in [5.74, 6) is -1.09. The molecule has 0 aromatic carbocycles. The van der Waals surface area contributed by atoms with Gasteiger partial charge in [0.2, 0.25) is 0 Å². The summed E-state index contributed by atoms with van der Waals surface area (Å²) in [5, 5.41) is 8.90. The maximum Gasteiger partial charge on any atom is 0.329 e. The maximum atomic E-state index is 11.8. The molecule has 0 amide bonds. The SMILES string of the molecule is C[C@@H](C(=O)O)n1cnc2[nH]c(=O)n(C)c(=O)c21. The molecule has 0 aliphatic heterocycles. The van der Waals surface area contributed by atoms with E-state index in [1.165, 1.54) is 24.9 Å². The van der Waals surface area contributed by atoms with Gasteiger partial charge in [0.15, 0.2) is 11.2 Å². The third-order valence-electron chi connectivity index (χ3n) is 2.61. The number of imidazole rings is 1. The lowest BCUT2D eigenvalue weighted by Gasteiger charge is -2.08. The first-order chi connectivity index (χ1) is 7.93. The average molecular weight is 238 g/mol. The van der Waals surface area contributed by atoms with Gasteiger partial charge in [-0.15, -0.1) is 0 Å². The van der Waals surface area contributed by atoms with Gasteiger partial charge in [0.05, 0.1) is 6.33 Å². The molecule has 17 heavy (non-hydrogen) atoms. The summed E-state index contributed by atoms with van der Waals surface area (Å²) in [6, 6.07) is -0.932. The van der Waals surface area contributed by atoms with Crippen LogP contribution in [0.2, 0.25) is 0 Å². The first-order valence-electron chi connectivity index (χ1n) is 4.82. The number of aromatic nitrogens is 4. The molecule has 0 aliphatic carbocycles. The Morgan fingerprint density at radius 3 is 2.76 bits per heavy atom. The number of aliphatic carboxylic acids is 1. The smallest absolute Gasteiger partial charge is 0.329 e. The highest BCUT2D eigenvalue weighted by atomic mass is 16.4. The zero-order valence-corrected chi connectivity index (χ0v) is 9.17. The van der Waals surface area contributed by atoms with E-state index in [1.54, 1.807) is 0 Å². The Labute approximate surface area is 94.1 Å². The second-order valence-corrected chi connectivity index (χ2v) is 3.66. The number of fused-ring (bicyclic) bond motifs is 1. The predicted molar refractivity (Wildman–Crippen MR) is 57.9 cm³/mol. The van der Waals surface area contributed by atoms with Crippen LogP contribution in [0.1, 0.15) is 13.0 Å². The minimum Gasteiger partial charge on any atom is -0.480 e. The van der Waals surface area contributed by atoms with E-state index in [-0.39, 0.29) is 11.2 Å². The molecule has 0 unspecified atom stereocenters. The topological polar surface area (TPSA) is 110 Å². The zero-order chi connectivity index (χ0) is 12.7. The molecular weight excluding hydrogens is 228 g/mol. The quantitative estimate of drug-likeness (QED) is 0.702. The largest absolute Gasteiger partial charge is 0.480 e. The summed E-state index contributed by atoms with van der Waals surface area (Å²) in [5.41, 5.74) is -1.00. The number of carbonyl (C=O) groups is 1. The summed E-state index contributed by atoms with van der Waals surface area (Å²) in [6.07, 6.45) is 1.22. The lowest BCUT2D eigenvalue weighted by atomic mass is 10.3. The van der Waals surface area contributed by atoms with Crippen LogP contribution in [0, 0.1) is 0 Å². The summed E-state index contributed by atoms with van der Waals surface area (Å²) in [4.78, 5) is 40.2. The fourth-order valence-electron chi connectivity index (χ4n) is 1.51. The summed E-state index contributed by atoms with van der Waals surface area (Å²) < 4.78 is 2.09. The second kappa shape index (κ2) is 3.58. The first-order valence-corrected chi connectivity index (χ1v) is 4.82. The van der Waals surface area contributed by atoms with Gasteiger partial charge in [-0.05, 0) is 6.92 Å². The summed E-state index contributed by atoms with van der Waals surface area (Å²) >= 11 is 0. The molecule has 0 fully saturated rings. The van der Waals surface area contributed by atoms with E-state index < -0.39 is 23.3 Å². The predicted octanol–water partition coefficient (Wildman–Crippen LogP) is -0.931. The minimum absolute atomic E-state index is 0.0713. The average Bonchev–Trinajstić information content (AvgIpc) is 2.68. The Kier molecular flexibility index (Phi) is 2.34. The van der Waals surface area contributed by atoms with Crippen molar-refractivity contribution < 1.29 is 9.90 Å². The Hall–Kier alpha value is -2.38. The number of nitrogens with zero attached hydrogens (tertiary/aromatic N) is 3. The molecule has 2 N–H and O–H groups in total. The van der Waals surface area contributed by atoms with Crippen molar-refractivity contribution in [2.45, 2.75) is 13.0 Å². The molecular formula is C9H10N4O4. The van der Waals surface area contributed by atoms with Crippen LogP contribution >= 0.6 is 0 Å². The van der Waals surface area contributed by atoms with E-state index in [4.69, 9.17) is 5.11 Å². The van der Waals surface area contributed by atoms with Crippen molar-refractivity contribution in [1.82, 2.24) is 19.1 Å². The van der Waals surface area contributed by atoms with E-state index in [0.29, 0.717) is 0 Å². The van der Waals surface area contributed by atoms with E-state index >= 15 is 0 Å². The monoisotopic (exact) mass is 238 g/mol. The molecule has 2 aromatic heterocycles. The van der Waals surface area contributed by atoms with Crippen molar-refractivity contribution >= 4 is 17.1 Å². The Morgan fingerprint density at radius 1 is 1.53 bits per heavy atom. The van der Waals surface area contributed by atoms with Gasteiger partial charge < -0.3 is 9.67 Å². The number of nitrogens with one attached hydrogen (secondary N) is 1. The number of carboxylic acids is 1. The number of rotatable bonds is 2. The Morgan fingerprint density at radius 2 is 2.18 bits per heavy atom. The number of aromatic amines is 1. The van der Waals surface area contributed by atoms with Crippen LogP contribution in [0.15, 0.2) is 15.9 Å². The first kappa shape index (κ1) is 11.1. The van der Waals surface area contributed by atoms with Crippen LogP contribution in [0.25, 0.3) is 11.2 Å². The number of hydrogen-bond acceptors (Lipinski definition) is 4. The third kappa shape index (κ3) is 1.53. The number of hydrogen-bond donors (Lipinski definition) is 2. The van der Waals surface area contributed by atoms with Gasteiger partial charge in [0, 0.05) is 7.05 Å². The molecule has 1 atom stereocenters. The number of carboxylic acid groups (broad SMARTS) is 1. The van der Waals surface area contributed by atoms with Crippen molar-refractivity contribution in [3.63, 3.8) is 0 Å². The van der Waals surface area contributed by atoms with Crippen LogP contribution in [0.3, 0.4) is 0 Å². The third-order valence-corrected chi connectivity index (χ3v) is 2.61. The van der Waals surface area contributed by atoms with Crippen LogP contribution in [-0.2, 0) is 11.8 Å². The highest BCUT2D eigenvalue weighted by Crippen LogP contribution is 2.11. The lowest BCUT2D eigenvalue weighted by molar-refractivity contribution is -0.140. The molecule has 0 aliphatic rings. The van der Waals surface area contributed by atoms with E-state index in [2.05, 4.69) is 9.97 Å². The fourth-order valence-corrected chi connectivity index (χ4v) is 1.51. The van der Waals surface area contributed by atoms with Gasteiger partial charge in [0.1, 0.15) is 6.04 Å². The molecule has 0 bridgehead atoms. The zero-order valence-electron chi connectivity index (χ0n) is 9.17. The normalized spacial score (nSPS) is 12.8. The van der Waals surface area contributed by atoms with E-state index in [9.17, 15) is 14.4 Å². The fraction of sp³-hybridized carbons (Fsp3) is 0.333. The van der Waals surface area contributed by atoms with Gasteiger partial charge in [-0.25, -0.2) is 14.6 Å². The molecule has 0 radical (unpaired) electrons. The second-order valence-electron chi connectivity index (χ2n) is 3.66. The van der Waals surface area contributed by atoms with Gasteiger partial charge in [-0.1, -0.05) is 0 Å². The molecule has 0 spiro atoms. The Balaban J connectivity index is 2.86. The molecule has 2 heterocycles. The van der Waals surface area contributed by atoms with Crippen LogP contribution in [0.4, 0.5) is 0 Å². The summed E-state index contributed by atoms with van der Waals surface area (Å²) in [6.45, 7) is 1.42. The summed E-state index contributed by atoms with van der Waals surface area (Å²) in [7, 11) is 1.31. The molecule has 8 nitrogen and oxygen atoms in total. The molecule has 0 saturated carbocycles. The lowest BCUT2D eigenvalue weighted by Crippen LogP contribution is -2.33. The standard InChI is InChI=1S/C9H10N4O4/c1-4(8(15)16)13-3-10-6-5(13)7(14)12(2)9(17)11-6/h3-4H,1-2H3,(H,11,17)(H,15,16)/t4-/m0/s1. The maximum absolute atomic E-state index is 11.8. The molecule has 8 heteroatoms. The Bertz CT molecular complexity index is 708. The van der Waals surface area contributed by atoms with Gasteiger partial charge in [-0.3, -0.25) is 14.3 Å². The van der Waals surface area contributed by atoms with Crippen LogP contribution in [0.5, 0.6) is 0 Å². The molecule has 2 rings (SSSR count). The van der Waals surface area contributed by atoms with Crippen molar-refractivity contribution in [3.8, 4) is 0 Å². The van der Waals surface area contributed by atoms with Gasteiger partial charge in [0.25, 0.3) is 5.56 Å². The van der Waals surface area contributed by atoms with Crippen molar-refractivity contribution in [2.24, 2.45) is 7.05 Å². The molecule has 0 saturated heterocycles. The van der Waals surface area contributed by atoms with Crippen molar-refractivity contribution in [1.29, 1.82) is 0 Å². The van der Waals surface area contributed by atoms with Crippen molar-refractivity contribution in [3.05, 3.63) is 27.2 Å².